The molecular weight excluding hydrogens is 454 g/mol. The van der Waals surface area contributed by atoms with E-state index in [9.17, 15) is 9.59 Å². The van der Waals surface area contributed by atoms with Crippen molar-refractivity contribution in [3.8, 4) is 11.4 Å². The summed E-state index contributed by atoms with van der Waals surface area (Å²) in [5.74, 6) is 0.928. The molecule has 1 aliphatic heterocycles. The summed E-state index contributed by atoms with van der Waals surface area (Å²) >= 11 is 5.93. The lowest BCUT2D eigenvalue weighted by molar-refractivity contribution is -0.119. The van der Waals surface area contributed by atoms with Crippen molar-refractivity contribution in [2.75, 3.05) is 25.0 Å². The van der Waals surface area contributed by atoms with Crippen LogP contribution in [-0.4, -0.2) is 55.7 Å². The van der Waals surface area contributed by atoms with E-state index < -0.39 is 0 Å². The van der Waals surface area contributed by atoms with Crippen LogP contribution < -0.4 is 10.9 Å². The molecule has 0 aliphatic carbocycles. The van der Waals surface area contributed by atoms with Crippen molar-refractivity contribution in [1.82, 2.24) is 29.6 Å². The number of H-pyrrole nitrogens is 2. The molecule has 1 amide bonds. The Morgan fingerprint density at radius 1 is 1.29 bits per heavy atom. The molecule has 0 unspecified atom stereocenters. The molecule has 0 saturated carbocycles. The number of aromatic nitrogens is 5. The molecule has 5 rings (SSSR count). The summed E-state index contributed by atoms with van der Waals surface area (Å²) in [7, 11) is 0. The molecule has 3 aromatic heterocycles. The average Bonchev–Trinajstić information content (AvgIpc) is 3.45. The second kappa shape index (κ2) is 9.34. The number of aryl methyl sites for hydroxylation is 1. The van der Waals surface area contributed by atoms with Gasteiger partial charge in [-0.15, -0.1) is 0 Å². The van der Waals surface area contributed by atoms with E-state index in [-0.39, 0.29) is 5.56 Å². The molecule has 34 heavy (non-hydrogen) atoms. The number of nitrogens with one attached hydrogen (secondary N) is 3. The summed E-state index contributed by atoms with van der Waals surface area (Å²) in [5, 5.41) is 8.09. The van der Waals surface area contributed by atoms with Crippen LogP contribution in [0.2, 0.25) is 5.02 Å². The number of hydrogen-bond donors (Lipinski definition) is 3. The molecule has 1 aliphatic rings. The molecule has 10 heteroatoms. The van der Waals surface area contributed by atoms with Gasteiger partial charge < -0.3 is 20.2 Å². The van der Waals surface area contributed by atoms with Gasteiger partial charge in [-0.25, -0.2) is 4.98 Å². The SMILES string of the molecule is Cc1cc(C2CCN(C=O)CC2)cc2[nH]c(-c3c(NCCn4cc(Cl)cn4)cc[nH]c3=O)nc12. The van der Waals surface area contributed by atoms with Gasteiger partial charge in [-0.1, -0.05) is 17.7 Å². The maximum Gasteiger partial charge on any atom is 0.261 e. The third kappa shape index (κ3) is 4.43. The predicted molar refractivity (Wildman–Crippen MR) is 132 cm³/mol. The lowest BCUT2D eigenvalue weighted by Gasteiger charge is -2.29. The number of fused-ring (bicyclic) bond motifs is 1. The van der Waals surface area contributed by atoms with E-state index in [0.29, 0.717) is 41.1 Å². The molecule has 1 aromatic carbocycles. The molecule has 0 spiro atoms. The standard InChI is InChI=1S/C24H26ClN7O2/c1-15-10-17(16-3-7-31(14-33)8-4-16)11-20-22(15)30-23(29-20)21-19(2-5-27-24(21)34)26-6-9-32-13-18(25)12-28-32/h2,5,10-14,16H,3-4,6-9H2,1H3,(H,29,30)(H2,26,27,34). The topological polar surface area (TPSA) is 112 Å². The quantitative estimate of drug-likeness (QED) is 0.351. The molecule has 4 heterocycles. The molecule has 0 bridgehead atoms. The molecule has 9 nitrogen and oxygen atoms in total. The van der Waals surface area contributed by atoms with E-state index in [0.717, 1.165) is 48.9 Å². The molecule has 176 valence electrons. The van der Waals surface area contributed by atoms with Gasteiger partial charge in [0.25, 0.3) is 5.56 Å². The molecule has 1 fully saturated rings. The highest BCUT2D eigenvalue weighted by Crippen LogP contribution is 2.32. The number of aromatic amines is 2. The number of rotatable bonds is 7. The van der Waals surface area contributed by atoms with Gasteiger partial charge in [0, 0.05) is 32.0 Å². The van der Waals surface area contributed by atoms with Crippen LogP contribution in [0.1, 0.15) is 29.9 Å². The fourth-order valence-corrected chi connectivity index (χ4v) is 4.79. The van der Waals surface area contributed by atoms with Crippen molar-refractivity contribution in [2.24, 2.45) is 0 Å². The van der Waals surface area contributed by atoms with Crippen LogP contribution in [0, 0.1) is 6.92 Å². The first kappa shape index (κ1) is 22.2. The Balaban J connectivity index is 1.42. The Morgan fingerprint density at radius 2 is 2.12 bits per heavy atom. The normalized spacial score (nSPS) is 14.6. The Labute approximate surface area is 201 Å². The van der Waals surface area contributed by atoms with Crippen LogP contribution in [0.5, 0.6) is 0 Å². The van der Waals surface area contributed by atoms with Gasteiger partial charge in [-0.2, -0.15) is 5.10 Å². The summed E-state index contributed by atoms with van der Waals surface area (Å²) < 4.78 is 1.74. The van der Waals surface area contributed by atoms with Crippen molar-refractivity contribution >= 4 is 34.7 Å². The largest absolute Gasteiger partial charge is 0.382 e. The number of pyridine rings is 1. The Kier molecular flexibility index (Phi) is 6.10. The van der Waals surface area contributed by atoms with Crippen molar-refractivity contribution in [1.29, 1.82) is 0 Å². The summed E-state index contributed by atoms with van der Waals surface area (Å²) in [6, 6.07) is 6.14. The number of halogens is 1. The van der Waals surface area contributed by atoms with Gasteiger partial charge >= 0.3 is 0 Å². The number of carbonyl (C=O) groups is 1. The van der Waals surface area contributed by atoms with E-state index in [1.807, 2.05) is 17.9 Å². The number of likely N-dealkylation sites (tertiary alicyclic amines) is 1. The fourth-order valence-electron chi connectivity index (χ4n) is 4.64. The summed E-state index contributed by atoms with van der Waals surface area (Å²) in [6.45, 7) is 4.76. The fraction of sp³-hybridized carbons (Fsp3) is 0.333. The maximum atomic E-state index is 12.8. The molecule has 3 N–H and O–H groups in total. The third-order valence-electron chi connectivity index (χ3n) is 6.41. The highest BCUT2D eigenvalue weighted by molar-refractivity contribution is 6.30. The molecular formula is C24H26ClN7O2. The first-order valence-electron chi connectivity index (χ1n) is 11.4. The van der Waals surface area contributed by atoms with Crippen LogP contribution >= 0.6 is 11.6 Å². The van der Waals surface area contributed by atoms with Gasteiger partial charge in [0.15, 0.2) is 0 Å². The number of carbonyl (C=O) groups excluding carboxylic acids is 1. The number of hydrogen-bond acceptors (Lipinski definition) is 5. The van der Waals surface area contributed by atoms with Crippen LogP contribution in [-0.2, 0) is 11.3 Å². The van der Waals surface area contributed by atoms with Gasteiger partial charge in [0.05, 0.1) is 34.5 Å². The van der Waals surface area contributed by atoms with Crippen molar-refractivity contribution < 1.29 is 4.79 Å². The van der Waals surface area contributed by atoms with E-state index in [1.54, 1.807) is 23.3 Å². The van der Waals surface area contributed by atoms with Gasteiger partial charge in [-0.05, 0) is 48.9 Å². The smallest absolute Gasteiger partial charge is 0.261 e. The lowest BCUT2D eigenvalue weighted by Crippen LogP contribution is -2.31. The molecule has 4 aromatic rings. The number of amides is 1. The second-order valence-corrected chi connectivity index (χ2v) is 9.12. The van der Waals surface area contributed by atoms with E-state index in [4.69, 9.17) is 16.6 Å². The molecule has 0 radical (unpaired) electrons. The minimum absolute atomic E-state index is 0.217. The number of nitrogens with zero attached hydrogens (tertiary/aromatic N) is 4. The highest BCUT2D eigenvalue weighted by Gasteiger charge is 2.22. The van der Waals surface area contributed by atoms with Gasteiger partial charge in [-0.3, -0.25) is 14.3 Å². The van der Waals surface area contributed by atoms with Crippen molar-refractivity contribution in [2.45, 2.75) is 32.2 Å². The van der Waals surface area contributed by atoms with Crippen molar-refractivity contribution in [3.05, 3.63) is 63.3 Å². The maximum absolute atomic E-state index is 12.8. The van der Waals surface area contributed by atoms with Gasteiger partial charge in [0.1, 0.15) is 11.4 Å². The highest BCUT2D eigenvalue weighted by atomic mass is 35.5. The van der Waals surface area contributed by atoms with Gasteiger partial charge in [0.2, 0.25) is 6.41 Å². The Hall–Kier alpha value is -3.59. The number of anilines is 1. The minimum atomic E-state index is -0.217. The zero-order valence-electron chi connectivity index (χ0n) is 18.8. The monoisotopic (exact) mass is 479 g/mol. The summed E-state index contributed by atoms with van der Waals surface area (Å²) in [5.41, 5.74) is 5.00. The molecule has 1 saturated heterocycles. The first-order chi connectivity index (χ1) is 16.5. The number of piperidine rings is 1. The summed E-state index contributed by atoms with van der Waals surface area (Å²) in [6.07, 6.45) is 7.79. The van der Waals surface area contributed by atoms with Crippen LogP contribution in [0.15, 0.2) is 41.6 Å². The van der Waals surface area contributed by atoms with Crippen molar-refractivity contribution in [3.63, 3.8) is 0 Å². The van der Waals surface area contributed by atoms with E-state index in [1.165, 1.54) is 5.56 Å². The Morgan fingerprint density at radius 3 is 2.85 bits per heavy atom. The van der Waals surface area contributed by atoms with Crippen LogP contribution in [0.25, 0.3) is 22.4 Å². The second-order valence-electron chi connectivity index (χ2n) is 8.68. The predicted octanol–water partition coefficient (Wildman–Crippen LogP) is 3.52. The molecule has 0 atom stereocenters. The minimum Gasteiger partial charge on any atom is -0.382 e. The van der Waals surface area contributed by atoms with E-state index in [2.05, 4.69) is 32.5 Å². The zero-order chi connectivity index (χ0) is 23.7. The number of imidazole rings is 1. The third-order valence-corrected chi connectivity index (χ3v) is 6.60. The van der Waals surface area contributed by atoms with E-state index >= 15 is 0 Å². The van der Waals surface area contributed by atoms with Crippen LogP contribution in [0.4, 0.5) is 5.69 Å². The lowest BCUT2D eigenvalue weighted by atomic mass is 9.88. The average molecular weight is 480 g/mol. The first-order valence-corrected chi connectivity index (χ1v) is 11.7. The number of benzene rings is 1. The summed E-state index contributed by atoms with van der Waals surface area (Å²) in [4.78, 5) is 36.6. The van der Waals surface area contributed by atoms with Crippen LogP contribution in [0.3, 0.4) is 0 Å². The zero-order valence-corrected chi connectivity index (χ0v) is 19.6. The Bertz CT molecular complexity index is 1380.